The molecule has 1 fully saturated rings. The largest absolute Gasteiger partial charge is 0.343 e. The Morgan fingerprint density at radius 1 is 1.58 bits per heavy atom. The van der Waals surface area contributed by atoms with Crippen molar-refractivity contribution in [1.29, 1.82) is 0 Å². The second-order valence-corrected chi connectivity index (χ2v) is 6.46. The molecular weight excluding hydrogens is 258 g/mol. The Morgan fingerprint density at radius 3 is 2.84 bits per heavy atom. The van der Waals surface area contributed by atoms with Crippen LogP contribution in [-0.4, -0.2) is 24.0 Å². The Kier molecular flexibility index (Phi) is 4.58. The van der Waals surface area contributed by atoms with Gasteiger partial charge in [-0.05, 0) is 45.6 Å². The Hall–Kier alpha value is -0.940. The molecule has 5 heteroatoms. The van der Waals surface area contributed by atoms with Gasteiger partial charge in [0.2, 0.25) is 5.91 Å². The second-order valence-electron chi connectivity index (χ2n) is 5.60. The molecule has 0 saturated heterocycles. The molecule has 2 rings (SSSR count). The molecule has 1 aliphatic rings. The minimum atomic E-state index is -0.350. The minimum absolute atomic E-state index is 0.0536. The van der Waals surface area contributed by atoms with Crippen molar-refractivity contribution in [3.05, 3.63) is 16.1 Å². The van der Waals surface area contributed by atoms with E-state index in [4.69, 9.17) is 0 Å². The maximum atomic E-state index is 12.0. The Balaban J connectivity index is 1.87. The van der Waals surface area contributed by atoms with Crippen LogP contribution in [0.2, 0.25) is 0 Å². The van der Waals surface area contributed by atoms with Crippen molar-refractivity contribution in [1.82, 2.24) is 15.6 Å². The summed E-state index contributed by atoms with van der Waals surface area (Å²) >= 11 is 1.62. The normalized spacial score (nSPS) is 18.1. The summed E-state index contributed by atoms with van der Waals surface area (Å²) in [5, 5.41) is 9.35. The first kappa shape index (κ1) is 14.5. The summed E-state index contributed by atoms with van der Waals surface area (Å²) in [6, 6.07) is 0. The third-order valence-electron chi connectivity index (χ3n) is 3.63. The molecule has 1 atom stereocenters. The fourth-order valence-corrected chi connectivity index (χ4v) is 2.95. The zero-order chi connectivity index (χ0) is 13.9. The van der Waals surface area contributed by atoms with Crippen LogP contribution >= 0.6 is 11.3 Å². The first-order valence-electron chi connectivity index (χ1n) is 6.98. The lowest BCUT2D eigenvalue weighted by atomic mass is 10.00. The molecule has 0 radical (unpaired) electrons. The molecule has 0 aromatic carbocycles. The molecule has 1 aliphatic carbocycles. The molecule has 1 unspecified atom stereocenters. The SMILES string of the molecule is CCC(C)(NC(=O)CNCC1CC1)c1nc(C)cs1. The first-order valence-corrected chi connectivity index (χ1v) is 7.86. The van der Waals surface area contributed by atoms with E-state index in [1.165, 1.54) is 12.8 Å². The number of aryl methyl sites for hydroxylation is 1. The van der Waals surface area contributed by atoms with Crippen LogP contribution in [0.5, 0.6) is 0 Å². The van der Waals surface area contributed by atoms with Crippen LogP contribution in [0.1, 0.15) is 43.8 Å². The van der Waals surface area contributed by atoms with Crippen LogP contribution in [0.4, 0.5) is 0 Å². The molecule has 0 aliphatic heterocycles. The summed E-state index contributed by atoms with van der Waals surface area (Å²) < 4.78 is 0. The molecule has 1 aromatic rings. The first-order chi connectivity index (χ1) is 9.03. The molecule has 19 heavy (non-hydrogen) atoms. The standard InChI is InChI=1S/C14H23N3OS/c1-4-14(3,13-16-10(2)9-19-13)17-12(18)8-15-7-11-5-6-11/h9,11,15H,4-8H2,1-3H3,(H,17,18). The summed E-state index contributed by atoms with van der Waals surface area (Å²) in [6.07, 6.45) is 3.45. The molecule has 1 amide bonds. The van der Waals surface area contributed by atoms with Gasteiger partial charge < -0.3 is 10.6 Å². The number of carbonyl (C=O) groups excluding carboxylic acids is 1. The van der Waals surface area contributed by atoms with Gasteiger partial charge >= 0.3 is 0 Å². The van der Waals surface area contributed by atoms with Gasteiger partial charge in [-0.15, -0.1) is 11.3 Å². The lowest BCUT2D eigenvalue weighted by Gasteiger charge is -2.27. The predicted molar refractivity (Wildman–Crippen MR) is 78.2 cm³/mol. The van der Waals surface area contributed by atoms with Gasteiger partial charge in [-0.1, -0.05) is 6.92 Å². The topological polar surface area (TPSA) is 54.0 Å². The van der Waals surface area contributed by atoms with E-state index in [1.54, 1.807) is 11.3 Å². The van der Waals surface area contributed by atoms with Gasteiger partial charge in [0.1, 0.15) is 5.01 Å². The van der Waals surface area contributed by atoms with E-state index in [-0.39, 0.29) is 11.4 Å². The summed E-state index contributed by atoms with van der Waals surface area (Å²) in [5.74, 6) is 0.852. The van der Waals surface area contributed by atoms with Crippen LogP contribution in [-0.2, 0) is 10.3 Å². The van der Waals surface area contributed by atoms with Crippen molar-refractivity contribution in [2.24, 2.45) is 5.92 Å². The third-order valence-corrected chi connectivity index (χ3v) is 4.85. The number of aromatic nitrogens is 1. The Labute approximate surface area is 119 Å². The van der Waals surface area contributed by atoms with Gasteiger partial charge in [-0.3, -0.25) is 4.79 Å². The van der Waals surface area contributed by atoms with E-state index >= 15 is 0 Å². The number of hydrogen-bond donors (Lipinski definition) is 2. The lowest BCUT2D eigenvalue weighted by Crippen LogP contribution is -2.46. The smallest absolute Gasteiger partial charge is 0.234 e. The number of carbonyl (C=O) groups is 1. The van der Waals surface area contributed by atoms with Crippen molar-refractivity contribution in [3.8, 4) is 0 Å². The average Bonchev–Trinajstić information content (AvgIpc) is 3.08. The summed E-state index contributed by atoms with van der Waals surface area (Å²) in [5.41, 5.74) is 0.665. The molecule has 1 heterocycles. The quantitative estimate of drug-likeness (QED) is 0.805. The van der Waals surface area contributed by atoms with Crippen LogP contribution in [0, 0.1) is 12.8 Å². The fraction of sp³-hybridized carbons (Fsp3) is 0.714. The second kappa shape index (κ2) is 6.01. The number of nitrogens with zero attached hydrogens (tertiary/aromatic N) is 1. The number of amides is 1. The molecular formula is C14H23N3OS. The van der Waals surface area contributed by atoms with E-state index in [0.29, 0.717) is 6.54 Å². The van der Waals surface area contributed by atoms with Gasteiger partial charge in [0.15, 0.2) is 0 Å². The van der Waals surface area contributed by atoms with Crippen molar-refractivity contribution in [2.45, 2.75) is 45.6 Å². The van der Waals surface area contributed by atoms with E-state index < -0.39 is 0 Å². The zero-order valence-corrected chi connectivity index (χ0v) is 12.8. The van der Waals surface area contributed by atoms with Gasteiger partial charge in [0, 0.05) is 11.1 Å². The summed E-state index contributed by atoms with van der Waals surface area (Å²) in [4.78, 5) is 16.5. The van der Waals surface area contributed by atoms with E-state index in [1.807, 2.05) is 19.2 Å². The highest BCUT2D eigenvalue weighted by atomic mass is 32.1. The van der Waals surface area contributed by atoms with Crippen molar-refractivity contribution < 1.29 is 4.79 Å². The van der Waals surface area contributed by atoms with Crippen LogP contribution < -0.4 is 10.6 Å². The number of hydrogen-bond acceptors (Lipinski definition) is 4. The number of thiazole rings is 1. The fourth-order valence-electron chi connectivity index (χ4n) is 1.96. The maximum Gasteiger partial charge on any atom is 0.234 e. The van der Waals surface area contributed by atoms with Crippen molar-refractivity contribution in [3.63, 3.8) is 0 Å². The van der Waals surface area contributed by atoms with E-state index in [0.717, 1.165) is 29.6 Å². The molecule has 1 aromatic heterocycles. The molecule has 0 bridgehead atoms. The highest BCUT2D eigenvalue weighted by Crippen LogP contribution is 2.28. The van der Waals surface area contributed by atoms with Crippen molar-refractivity contribution >= 4 is 17.2 Å². The zero-order valence-electron chi connectivity index (χ0n) is 12.0. The maximum absolute atomic E-state index is 12.0. The lowest BCUT2D eigenvalue weighted by molar-refractivity contribution is -0.122. The van der Waals surface area contributed by atoms with Crippen LogP contribution in [0.3, 0.4) is 0 Å². The Morgan fingerprint density at radius 2 is 2.32 bits per heavy atom. The van der Waals surface area contributed by atoms with E-state index in [2.05, 4.69) is 22.5 Å². The average molecular weight is 281 g/mol. The van der Waals surface area contributed by atoms with Gasteiger partial charge in [0.05, 0.1) is 12.1 Å². The minimum Gasteiger partial charge on any atom is -0.343 e. The summed E-state index contributed by atoms with van der Waals surface area (Å²) in [6.45, 7) is 7.47. The van der Waals surface area contributed by atoms with Crippen LogP contribution in [0.25, 0.3) is 0 Å². The molecule has 2 N–H and O–H groups in total. The molecule has 0 spiro atoms. The number of nitrogens with one attached hydrogen (secondary N) is 2. The van der Waals surface area contributed by atoms with Gasteiger partial charge in [-0.2, -0.15) is 0 Å². The van der Waals surface area contributed by atoms with Crippen molar-refractivity contribution in [2.75, 3.05) is 13.1 Å². The highest BCUT2D eigenvalue weighted by molar-refractivity contribution is 7.09. The predicted octanol–water partition coefficient (Wildman–Crippen LogP) is 2.19. The Bertz CT molecular complexity index is 442. The third kappa shape index (κ3) is 4.01. The monoisotopic (exact) mass is 281 g/mol. The highest BCUT2D eigenvalue weighted by Gasteiger charge is 2.29. The molecule has 1 saturated carbocycles. The molecule has 106 valence electrons. The van der Waals surface area contributed by atoms with Gasteiger partial charge in [-0.25, -0.2) is 4.98 Å². The van der Waals surface area contributed by atoms with E-state index in [9.17, 15) is 4.79 Å². The van der Waals surface area contributed by atoms with Crippen LogP contribution in [0.15, 0.2) is 5.38 Å². The van der Waals surface area contributed by atoms with Gasteiger partial charge in [0.25, 0.3) is 0 Å². The number of rotatable bonds is 7. The summed E-state index contributed by atoms with van der Waals surface area (Å²) in [7, 11) is 0. The molecule has 4 nitrogen and oxygen atoms in total.